The van der Waals surface area contributed by atoms with Gasteiger partial charge in [0.15, 0.2) is 0 Å². The lowest BCUT2D eigenvalue weighted by Crippen LogP contribution is -2.22. The third-order valence-corrected chi connectivity index (χ3v) is 2.59. The van der Waals surface area contributed by atoms with Crippen LogP contribution in [0.15, 0.2) is 12.1 Å². The Labute approximate surface area is 105 Å². The molecule has 0 aromatic carbocycles. The largest absolute Gasteiger partial charge is 0.370 e. The van der Waals surface area contributed by atoms with E-state index >= 15 is 0 Å². The zero-order chi connectivity index (χ0) is 12.8. The summed E-state index contributed by atoms with van der Waals surface area (Å²) in [6.07, 6.45) is 0. The van der Waals surface area contributed by atoms with Gasteiger partial charge in [0, 0.05) is 24.8 Å². The number of pyridine rings is 1. The van der Waals surface area contributed by atoms with Crippen molar-refractivity contribution < 1.29 is 0 Å². The maximum atomic E-state index is 4.57. The standard InChI is InChI=1S/C14H25N3/c1-10(2)8-16-14-7-6-13(12(5)17-14)9-15-11(3)4/h6-7,10-11,15H,8-9H2,1-5H3,(H,16,17). The highest BCUT2D eigenvalue weighted by atomic mass is 15.0. The first kappa shape index (κ1) is 14.0. The van der Waals surface area contributed by atoms with Gasteiger partial charge in [-0.1, -0.05) is 33.8 Å². The molecule has 0 fully saturated rings. The molecule has 1 aromatic rings. The van der Waals surface area contributed by atoms with Gasteiger partial charge < -0.3 is 10.6 Å². The van der Waals surface area contributed by atoms with Crippen LogP contribution in [0.3, 0.4) is 0 Å². The van der Waals surface area contributed by atoms with Crippen molar-refractivity contribution in [2.45, 2.75) is 47.2 Å². The number of aromatic nitrogens is 1. The molecule has 0 amide bonds. The first-order valence-electron chi connectivity index (χ1n) is 6.42. The van der Waals surface area contributed by atoms with Crippen molar-refractivity contribution in [2.24, 2.45) is 5.92 Å². The Morgan fingerprint density at radius 1 is 1.18 bits per heavy atom. The summed E-state index contributed by atoms with van der Waals surface area (Å²) in [5.74, 6) is 1.61. The Kier molecular flexibility index (Phi) is 5.42. The molecule has 3 nitrogen and oxygen atoms in total. The van der Waals surface area contributed by atoms with Crippen LogP contribution in [0.1, 0.15) is 39.0 Å². The monoisotopic (exact) mass is 235 g/mol. The lowest BCUT2D eigenvalue weighted by Gasteiger charge is -2.13. The summed E-state index contributed by atoms with van der Waals surface area (Å²) < 4.78 is 0. The second-order valence-electron chi connectivity index (χ2n) is 5.25. The maximum absolute atomic E-state index is 4.57. The molecule has 0 bridgehead atoms. The first-order chi connectivity index (χ1) is 7.99. The summed E-state index contributed by atoms with van der Waals surface area (Å²) in [5, 5.41) is 6.76. The molecule has 0 aliphatic rings. The van der Waals surface area contributed by atoms with Gasteiger partial charge >= 0.3 is 0 Å². The Morgan fingerprint density at radius 3 is 2.41 bits per heavy atom. The average Bonchev–Trinajstić information content (AvgIpc) is 2.24. The van der Waals surface area contributed by atoms with Crippen molar-refractivity contribution in [3.05, 3.63) is 23.4 Å². The SMILES string of the molecule is Cc1nc(NCC(C)C)ccc1CNC(C)C. The molecule has 0 spiro atoms. The molecule has 0 saturated heterocycles. The van der Waals surface area contributed by atoms with E-state index in [4.69, 9.17) is 0 Å². The van der Waals surface area contributed by atoms with Crippen molar-refractivity contribution in [1.29, 1.82) is 0 Å². The number of hydrogen-bond donors (Lipinski definition) is 2. The van der Waals surface area contributed by atoms with E-state index in [1.807, 2.05) is 0 Å². The van der Waals surface area contributed by atoms with E-state index < -0.39 is 0 Å². The second-order valence-corrected chi connectivity index (χ2v) is 5.25. The number of nitrogens with zero attached hydrogens (tertiary/aromatic N) is 1. The highest BCUT2D eigenvalue weighted by Crippen LogP contribution is 2.11. The smallest absolute Gasteiger partial charge is 0.126 e. The molecule has 2 N–H and O–H groups in total. The van der Waals surface area contributed by atoms with Gasteiger partial charge in [-0.3, -0.25) is 0 Å². The number of anilines is 1. The predicted octanol–water partition coefficient (Wildman–Crippen LogP) is 2.96. The fraction of sp³-hybridized carbons (Fsp3) is 0.643. The van der Waals surface area contributed by atoms with Gasteiger partial charge in [-0.2, -0.15) is 0 Å². The maximum Gasteiger partial charge on any atom is 0.126 e. The number of nitrogens with one attached hydrogen (secondary N) is 2. The van der Waals surface area contributed by atoms with E-state index in [1.165, 1.54) is 5.56 Å². The minimum absolute atomic E-state index is 0.508. The minimum atomic E-state index is 0.508. The first-order valence-corrected chi connectivity index (χ1v) is 6.42. The predicted molar refractivity (Wildman–Crippen MR) is 74.3 cm³/mol. The molecule has 17 heavy (non-hydrogen) atoms. The Hall–Kier alpha value is -1.09. The van der Waals surface area contributed by atoms with Gasteiger partial charge in [0.25, 0.3) is 0 Å². The van der Waals surface area contributed by atoms with Gasteiger partial charge in [-0.25, -0.2) is 4.98 Å². The van der Waals surface area contributed by atoms with Crippen molar-refractivity contribution in [2.75, 3.05) is 11.9 Å². The molecule has 96 valence electrons. The van der Waals surface area contributed by atoms with Crippen molar-refractivity contribution >= 4 is 5.82 Å². The van der Waals surface area contributed by atoms with Gasteiger partial charge in [0.1, 0.15) is 5.82 Å². The molecule has 0 atom stereocenters. The lowest BCUT2D eigenvalue weighted by molar-refractivity contribution is 0.586. The zero-order valence-electron chi connectivity index (χ0n) is 11.7. The third-order valence-electron chi connectivity index (χ3n) is 2.59. The summed E-state index contributed by atoms with van der Waals surface area (Å²) in [6, 6.07) is 4.72. The molecule has 0 unspecified atom stereocenters. The van der Waals surface area contributed by atoms with Crippen LogP contribution in [0.5, 0.6) is 0 Å². The number of aryl methyl sites for hydroxylation is 1. The Balaban J connectivity index is 2.59. The molecular weight excluding hydrogens is 210 g/mol. The van der Waals surface area contributed by atoms with E-state index in [0.717, 1.165) is 24.6 Å². The van der Waals surface area contributed by atoms with E-state index in [2.05, 4.69) is 62.4 Å². The third kappa shape index (κ3) is 5.18. The molecule has 0 saturated carbocycles. The fourth-order valence-electron chi connectivity index (χ4n) is 1.50. The highest BCUT2D eigenvalue weighted by Gasteiger charge is 2.03. The van der Waals surface area contributed by atoms with Gasteiger partial charge in [-0.15, -0.1) is 0 Å². The fourth-order valence-corrected chi connectivity index (χ4v) is 1.50. The molecule has 0 aliphatic heterocycles. The van der Waals surface area contributed by atoms with Crippen LogP contribution in [0, 0.1) is 12.8 Å². The number of hydrogen-bond acceptors (Lipinski definition) is 3. The molecule has 1 aromatic heterocycles. The van der Waals surface area contributed by atoms with Crippen LogP contribution in [0.4, 0.5) is 5.82 Å². The molecule has 0 aliphatic carbocycles. The van der Waals surface area contributed by atoms with Crippen LogP contribution in [0.25, 0.3) is 0 Å². The van der Waals surface area contributed by atoms with Crippen molar-refractivity contribution in [3.8, 4) is 0 Å². The molecule has 0 radical (unpaired) electrons. The quantitative estimate of drug-likeness (QED) is 0.796. The van der Waals surface area contributed by atoms with Crippen LogP contribution >= 0.6 is 0 Å². The highest BCUT2D eigenvalue weighted by molar-refractivity contribution is 5.38. The van der Waals surface area contributed by atoms with Gasteiger partial charge in [-0.05, 0) is 24.5 Å². The molecule has 3 heteroatoms. The second kappa shape index (κ2) is 6.60. The van der Waals surface area contributed by atoms with Crippen molar-refractivity contribution in [3.63, 3.8) is 0 Å². The van der Waals surface area contributed by atoms with Crippen LogP contribution in [-0.4, -0.2) is 17.6 Å². The molecule has 1 rings (SSSR count). The Morgan fingerprint density at radius 2 is 1.88 bits per heavy atom. The van der Waals surface area contributed by atoms with Crippen molar-refractivity contribution in [1.82, 2.24) is 10.3 Å². The Bertz CT molecular complexity index is 345. The molecular formula is C14H25N3. The van der Waals surface area contributed by atoms with E-state index in [9.17, 15) is 0 Å². The lowest BCUT2D eigenvalue weighted by atomic mass is 10.2. The van der Waals surface area contributed by atoms with E-state index in [1.54, 1.807) is 0 Å². The summed E-state index contributed by atoms with van der Waals surface area (Å²) in [6.45, 7) is 12.6. The molecule has 1 heterocycles. The summed E-state index contributed by atoms with van der Waals surface area (Å²) in [4.78, 5) is 4.57. The van der Waals surface area contributed by atoms with E-state index in [0.29, 0.717) is 12.0 Å². The van der Waals surface area contributed by atoms with Gasteiger partial charge in [0.2, 0.25) is 0 Å². The van der Waals surface area contributed by atoms with E-state index in [-0.39, 0.29) is 0 Å². The van der Waals surface area contributed by atoms with Crippen LogP contribution in [-0.2, 0) is 6.54 Å². The normalized spacial score (nSPS) is 11.2. The summed E-state index contributed by atoms with van der Waals surface area (Å²) in [7, 11) is 0. The summed E-state index contributed by atoms with van der Waals surface area (Å²) in [5.41, 5.74) is 2.38. The average molecular weight is 235 g/mol. The topological polar surface area (TPSA) is 37.0 Å². The van der Waals surface area contributed by atoms with Gasteiger partial charge in [0.05, 0.1) is 0 Å². The minimum Gasteiger partial charge on any atom is -0.370 e. The zero-order valence-corrected chi connectivity index (χ0v) is 11.7. The summed E-state index contributed by atoms with van der Waals surface area (Å²) >= 11 is 0. The number of rotatable bonds is 6. The van der Waals surface area contributed by atoms with Crippen LogP contribution < -0.4 is 10.6 Å². The van der Waals surface area contributed by atoms with Crippen LogP contribution in [0.2, 0.25) is 0 Å².